The SMILES string of the molecule is COc1ccc(C2=CC(C)(c3nc(-c4ccc(Cl)cc4OC)no3)ON2)cc1OC1CCCC1. The molecule has 1 aliphatic heterocycles. The highest BCUT2D eigenvalue weighted by Crippen LogP contribution is 2.39. The van der Waals surface area contributed by atoms with Crippen molar-refractivity contribution in [1.82, 2.24) is 15.6 Å². The zero-order chi connectivity index (χ0) is 23.7. The van der Waals surface area contributed by atoms with Crippen molar-refractivity contribution >= 4 is 17.3 Å². The van der Waals surface area contributed by atoms with Gasteiger partial charge < -0.3 is 18.7 Å². The van der Waals surface area contributed by atoms with Crippen LogP contribution in [0.5, 0.6) is 17.2 Å². The molecule has 3 aromatic rings. The van der Waals surface area contributed by atoms with E-state index in [1.807, 2.05) is 31.2 Å². The second-order valence-electron chi connectivity index (χ2n) is 8.53. The first-order valence-corrected chi connectivity index (χ1v) is 11.6. The molecule has 2 aliphatic rings. The second kappa shape index (κ2) is 9.19. The maximum Gasteiger partial charge on any atom is 0.265 e. The summed E-state index contributed by atoms with van der Waals surface area (Å²) in [5, 5.41) is 4.68. The number of hydrogen-bond acceptors (Lipinski definition) is 8. The van der Waals surface area contributed by atoms with Gasteiger partial charge in [0.1, 0.15) is 5.75 Å². The van der Waals surface area contributed by atoms with Crippen LogP contribution in [0.15, 0.2) is 47.0 Å². The fraction of sp³-hybridized carbons (Fsp3) is 0.360. The fourth-order valence-electron chi connectivity index (χ4n) is 4.25. The third kappa shape index (κ3) is 4.31. The van der Waals surface area contributed by atoms with Gasteiger partial charge in [0.2, 0.25) is 5.82 Å². The van der Waals surface area contributed by atoms with Gasteiger partial charge in [0.25, 0.3) is 5.89 Å². The molecule has 0 radical (unpaired) electrons. The molecule has 0 saturated heterocycles. The van der Waals surface area contributed by atoms with Crippen molar-refractivity contribution in [2.24, 2.45) is 0 Å². The van der Waals surface area contributed by atoms with Crippen molar-refractivity contribution in [3.05, 3.63) is 59.0 Å². The zero-order valence-corrected chi connectivity index (χ0v) is 20.0. The number of methoxy groups -OCH3 is 2. The molecule has 1 saturated carbocycles. The molecular formula is C25H26ClN3O5. The van der Waals surface area contributed by atoms with Gasteiger partial charge in [0.15, 0.2) is 17.1 Å². The molecule has 1 N–H and O–H groups in total. The summed E-state index contributed by atoms with van der Waals surface area (Å²) in [6.45, 7) is 1.85. The minimum atomic E-state index is -0.966. The first-order chi connectivity index (χ1) is 16.5. The number of hydrogen-bond donors (Lipinski definition) is 1. The molecule has 178 valence electrons. The van der Waals surface area contributed by atoms with Gasteiger partial charge in [0.05, 0.1) is 31.6 Å². The van der Waals surface area contributed by atoms with E-state index >= 15 is 0 Å². The lowest BCUT2D eigenvalue weighted by Crippen LogP contribution is -2.23. The summed E-state index contributed by atoms with van der Waals surface area (Å²) in [6, 6.07) is 11.0. The minimum absolute atomic E-state index is 0.220. The van der Waals surface area contributed by atoms with Crippen LogP contribution in [-0.2, 0) is 10.4 Å². The highest BCUT2D eigenvalue weighted by molar-refractivity contribution is 6.30. The monoisotopic (exact) mass is 483 g/mol. The van der Waals surface area contributed by atoms with Crippen LogP contribution in [0.25, 0.3) is 17.1 Å². The zero-order valence-electron chi connectivity index (χ0n) is 19.3. The first-order valence-electron chi connectivity index (χ1n) is 11.2. The number of rotatable bonds is 7. The lowest BCUT2D eigenvalue weighted by molar-refractivity contribution is -0.0445. The Kier molecular flexibility index (Phi) is 6.10. The summed E-state index contributed by atoms with van der Waals surface area (Å²) in [4.78, 5) is 10.4. The maximum absolute atomic E-state index is 6.23. The van der Waals surface area contributed by atoms with Crippen LogP contribution in [0.3, 0.4) is 0 Å². The Hall–Kier alpha value is -3.23. The third-order valence-electron chi connectivity index (χ3n) is 6.12. The molecule has 5 rings (SSSR count). The van der Waals surface area contributed by atoms with Crippen molar-refractivity contribution in [2.75, 3.05) is 14.2 Å². The second-order valence-corrected chi connectivity index (χ2v) is 8.96. The minimum Gasteiger partial charge on any atom is -0.496 e. The molecule has 9 heteroatoms. The molecule has 8 nitrogen and oxygen atoms in total. The van der Waals surface area contributed by atoms with Crippen molar-refractivity contribution in [3.63, 3.8) is 0 Å². The smallest absolute Gasteiger partial charge is 0.265 e. The molecule has 0 spiro atoms. The summed E-state index contributed by atoms with van der Waals surface area (Å²) in [5.41, 5.74) is 4.37. The number of hydroxylamine groups is 1. The Morgan fingerprint density at radius 2 is 1.82 bits per heavy atom. The molecule has 0 amide bonds. The lowest BCUT2D eigenvalue weighted by atomic mass is 10.0. The van der Waals surface area contributed by atoms with Crippen LogP contribution in [0.1, 0.15) is 44.1 Å². The molecule has 0 bridgehead atoms. The number of aromatic nitrogens is 2. The number of benzene rings is 2. The van der Waals surface area contributed by atoms with Crippen molar-refractivity contribution in [2.45, 2.75) is 44.3 Å². The summed E-state index contributed by atoms with van der Waals surface area (Å²) >= 11 is 6.07. The van der Waals surface area contributed by atoms with E-state index in [2.05, 4.69) is 15.6 Å². The van der Waals surface area contributed by atoms with Gasteiger partial charge in [-0.2, -0.15) is 4.98 Å². The van der Waals surface area contributed by atoms with Gasteiger partial charge in [-0.3, -0.25) is 10.3 Å². The Bertz CT molecular complexity index is 1220. The first kappa shape index (κ1) is 22.6. The van der Waals surface area contributed by atoms with E-state index in [-0.39, 0.29) is 6.10 Å². The number of ether oxygens (including phenoxy) is 3. The van der Waals surface area contributed by atoms with Crippen LogP contribution in [0.2, 0.25) is 5.02 Å². The molecular weight excluding hydrogens is 458 g/mol. The van der Waals surface area contributed by atoms with E-state index in [0.29, 0.717) is 33.8 Å². The van der Waals surface area contributed by atoms with Crippen molar-refractivity contribution in [1.29, 1.82) is 0 Å². The van der Waals surface area contributed by atoms with Crippen LogP contribution < -0.4 is 19.7 Å². The third-order valence-corrected chi connectivity index (χ3v) is 6.35. The van der Waals surface area contributed by atoms with Gasteiger partial charge in [-0.25, -0.2) is 0 Å². The molecule has 1 unspecified atom stereocenters. The normalized spacial score (nSPS) is 20.2. The van der Waals surface area contributed by atoms with Gasteiger partial charge >= 0.3 is 0 Å². The Morgan fingerprint density at radius 3 is 2.59 bits per heavy atom. The topological polar surface area (TPSA) is 87.9 Å². The molecule has 1 aliphatic carbocycles. The number of halogens is 1. The number of nitrogens with zero attached hydrogens (tertiary/aromatic N) is 2. The van der Waals surface area contributed by atoms with Crippen LogP contribution in [0, 0.1) is 0 Å². The summed E-state index contributed by atoms with van der Waals surface area (Å²) in [7, 11) is 3.21. The Morgan fingerprint density at radius 1 is 1.03 bits per heavy atom. The highest BCUT2D eigenvalue weighted by Gasteiger charge is 2.38. The lowest BCUT2D eigenvalue weighted by Gasteiger charge is -2.17. The van der Waals surface area contributed by atoms with Gasteiger partial charge in [0, 0.05) is 10.6 Å². The van der Waals surface area contributed by atoms with E-state index < -0.39 is 5.60 Å². The molecule has 2 aromatic carbocycles. The van der Waals surface area contributed by atoms with Gasteiger partial charge in [-0.1, -0.05) is 16.8 Å². The predicted octanol–water partition coefficient (Wildman–Crippen LogP) is 5.52. The number of nitrogens with one attached hydrogen (secondary N) is 1. The van der Waals surface area contributed by atoms with Crippen LogP contribution in [0.4, 0.5) is 0 Å². The van der Waals surface area contributed by atoms with E-state index in [9.17, 15) is 0 Å². The maximum atomic E-state index is 6.23. The summed E-state index contributed by atoms with van der Waals surface area (Å²) in [6.07, 6.45) is 6.64. The molecule has 34 heavy (non-hydrogen) atoms. The molecule has 1 atom stereocenters. The largest absolute Gasteiger partial charge is 0.496 e. The standard InChI is InChI=1S/C25H26ClN3O5/c1-25(24-27-23(29-33-24)18-10-9-16(26)13-21(18)31-3)14-19(28-34-25)15-8-11-20(30-2)22(12-15)32-17-6-4-5-7-17/h8-14,17,28H,4-7H2,1-3H3. The fourth-order valence-corrected chi connectivity index (χ4v) is 4.41. The highest BCUT2D eigenvalue weighted by atomic mass is 35.5. The Labute approximate surface area is 202 Å². The van der Waals surface area contributed by atoms with Gasteiger partial charge in [-0.15, -0.1) is 0 Å². The van der Waals surface area contributed by atoms with E-state index in [0.717, 1.165) is 29.9 Å². The molecule has 2 heterocycles. The molecule has 1 fully saturated rings. The average molecular weight is 484 g/mol. The van der Waals surface area contributed by atoms with Crippen LogP contribution >= 0.6 is 11.6 Å². The van der Waals surface area contributed by atoms with E-state index in [4.69, 9.17) is 35.2 Å². The van der Waals surface area contributed by atoms with Crippen molar-refractivity contribution in [3.8, 4) is 28.6 Å². The van der Waals surface area contributed by atoms with E-state index in [1.54, 1.807) is 32.4 Å². The quantitative estimate of drug-likeness (QED) is 0.470. The van der Waals surface area contributed by atoms with E-state index in [1.165, 1.54) is 12.8 Å². The average Bonchev–Trinajstić information content (AvgIpc) is 3.61. The van der Waals surface area contributed by atoms with Gasteiger partial charge in [-0.05, 0) is 75.1 Å². The summed E-state index contributed by atoms with van der Waals surface area (Å²) in [5.74, 6) is 2.67. The predicted molar refractivity (Wildman–Crippen MR) is 127 cm³/mol. The van der Waals surface area contributed by atoms with Crippen LogP contribution in [-0.4, -0.2) is 30.5 Å². The molecule has 1 aromatic heterocycles. The van der Waals surface area contributed by atoms with Crippen molar-refractivity contribution < 1.29 is 23.6 Å². The Balaban J connectivity index is 1.42. The summed E-state index contributed by atoms with van der Waals surface area (Å²) < 4.78 is 22.7.